The molecule has 20 heavy (non-hydrogen) atoms. The number of aromatic nitrogens is 2. The van der Waals surface area contributed by atoms with E-state index in [1.165, 1.54) is 11.1 Å². The predicted octanol–water partition coefficient (Wildman–Crippen LogP) is 3.44. The van der Waals surface area contributed by atoms with Gasteiger partial charge >= 0.3 is 0 Å². The molecule has 0 bridgehead atoms. The number of benzene rings is 1. The quantitative estimate of drug-likeness (QED) is 0.872. The maximum atomic E-state index is 4.48. The Bertz CT molecular complexity index is 525. The van der Waals surface area contributed by atoms with Crippen molar-refractivity contribution in [3.63, 3.8) is 0 Å². The van der Waals surface area contributed by atoms with Gasteiger partial charge < -0.3 is 5.32 Å². The second-order valence-electron chi connectivity index (χ2n) is 5.62. The van der Waals surface area contributed by atoms with Crippen LogP contribution in [-0.4, -0.2) is 16.3 Å². The molecule has 0 spiro atoms. The highest BCUT2D eigenvalue weighted by molar-refractivity contribution is 5.27. The van der Waals surface area contributed by atoms with Gasteiger partial charge in [-0.1, -0.05) is 45.0 Å². The van der Waals surface area contributed by atoms with Gasteiger partial charge in [0.15, 0.2) is 0 Å². The third kappa shape index (κ3) is 3.70. The minimum atomic E-state index is 0.330. The molecule has 0 amide bonds. The van der Waals surface area contributed by atoms with E-state index in [1.54, 1.807) is 0 Å². The maximum Gasteiger partial charge on any atom is 0.0643 e. The van der Waals surface area contributed by atoms with Crippen molar-refractivity contribution in [2.24, 2.45) is 7.05 Å². The average Bonchev–Trinajstić information content (AvgIpc) is 2.84. The predicted molar refractivity (Wildman–Crippen MR) is 83.9 cm³/mol. The highest BCUT2D eigenvalue weighted by Crippen LogP contribution is 2.21. The molecule has 108 valence electrons. The molecule has 3 heteroatoms. The Morgan fingerprint density at radius 2 is 1.75 bits per heavy atom. The van der Waals surface area contributed by atoms with Crippen LogP contribution in [-0.2, 0) is 13.5 Å². The van der Waals surface area contributed by atoms with Crippen molar-refractivity contribution < 1.29 is 0 Å². The topological polar surface area (TPSA) is 29.9 Å². The first kappa shape index (κ1) is 14.8. The molecule has 0 saturated carbocycles. The van der Waals surface area contributed by atoms with E-state index in [9.17, 15) is 0 Å². The Labute approximate surface area is 122 Å². The van der Waals surface area contributed by atoms with Crippen LogP contribution in [0.25, 0.3) is 0 Å². The van der Waals surface area contributed by atoms with Crippen molar-refractivity contribution in [2.75, 3.05) is 6.54 Å². The van der Waals surface area contributed by atoms with Crippen LogP contribution in [0.2, 0.25) is 0 Å². The van der Waals surface area contributed by atoms with Crippen LogP contribution < -0.4 is 5.32 Å². The van der Waals surface area contributed by atoms with Crippen LogP contribution in [0, 0.1) is 0 Å². The maximum absolute atomic E-state index is 4.48. The summed E-state index contributed by atoms with van der Waals surface area (Å²) >= 11 is 0. The first-order valence-electron chi connectivity index (χ1n) is 7.42. The van der Waals surface area contributed by atoms with E-state index in [0.29, 0.717) is 12.0 Å². The Hall–Kier alpha value is -1.61. The molecule has 2 aromatic rings. The minimum Gasteiger partial charge on any atom is -0.310 e. The minimum absolute atomic E-state index is 0.330. The molecule has 0 saturated heterocycles. The van der Waals surface area contributed by atoms with Crippen LogP contribution >= 0.6 is 0 Å². The van der Waals surface area contributed by atoms with E-state index in [4.69, 9.17) is 0 Å². The molecule has 1 unspecified atom stereocenters. The number of rotatable bonds is 6. The van der Waals surface area contributed by atoms with Gasteiger partial charge in [-0.25, -0.2) is 0 Å². The molecule has 2 rings (SSSR count). The summed E-state index contributed by atoms with van der Waals surface area (Å²) in [6, 6.07) is 11.4. The van der Waals surface area contributed by atoms with Crippen molar-refractivity contribution in [3.8, 4) is 0 Å². The molecule has 0 radical (unpaired) electrons. The summed E-state index contributed by atoms with van der Waals surface area (Å²) in [6.07, 6.45) is 2.93. The summed E-state index contributed by atoms with van der Waals surface area (Å²) in [5, 5.41) is 8.04. The Morgan fingerprint density at radius 3 is 2.25 bits per heavy atom. The lowest BCUT2D eigenvalue weighted by molar-refractivity contribution is 0.539. The molecular formula is C17H25N3. The fourth-order valence-electron chi connectivity index (χ4n) is 2.45. The van der Waals surface area contributed by atoms with Crippen molar-refractivity contribution in [2.45, 2.75) is 39.2 Å². The second-order valence-corrected chi connectivity index (χ2v) is 5.62. The van der Waals surface area contributed by atoms with Gasteiger partial charge in [0, 0.05) is 25.7 Å². The molecule has 0 aliphatic carbocycles. The van der Waals surface area contributed by atoms with Crippen LogP contribution in [0.1, 0.15) is 49.6 Å². The Kier molecular flexibility index (Phi) is 4.96. The van der Waals surface area contributed by atoms with E-state index in [-0.39, 0.29) is 0 Å². The smallest absolute Gasteiger partial charge is 0.0643 e. The van der Waals surface area contributed by atoms with E-state index < -0.39 is 0 Å². The summed E-state index contributed by atoms with van der Waals surface area (Å²) in [7, 11) is 1.96. The number of likely N-dealkylation sites (N-methyl/N-ethyl adjacent to an activating group) is 1. The molecule has 3 nitrogen and oxygen atoms in total. The SMILES string of the molecule is CCNC(Cc1ccn(C)n1)c1ccc(C(C)C)cc1. The normalized spacial score (nSPS) is 12.8. The molecular weight excluding hydrogens is 246 g/mol. The molecule has 1 aromatic heterocycles. The second kappa shape index (κ2) is 6.71. The van der Waals surface area contributed by atoms with Crippen LogP contribution in [0.5, 0.6) is 0 Å². The van der Waals surface area contributed by atoms with Gasteiger partial charge in [0.2, 0.25) is 0 Å². The van der Waals surface area contributed by atoms with Gasteiger partial charge in [-0.3, -0.25) is 4.68 Å². The zero-order valence-corrected chi connectivity index (χ0v) is 12.9. The van der Waals surface area contributed by atoms with Gasteiger partial charge in [0.05, 0.1) is 5.69 Å². The molecule has 0 fully saturated rings. The molecule has 1 N–H and O–H groups in total. The van der Waals surface area contributed by atoms with Gasteiger partial charge in [0.1, 0.15) is 0 Å². The highest BCUT2D eigenvalue weighted by Gasteiger charge is 2.13. The molecule has 0 aliphatic heterocycles. The fourth-order valence-corrected chi connectivity index (χ4v) is 2.45. The van der Waals surface area contributed by atoms with Gasteiger partial charge in [0.25, 0.3) is 0 Å². The Morgan fingerprint density at radius 1 is 1.10 bits per heavy atom. The van der Waals surface area contributed by atoms with Crippen molar-refractivity contribution >= 4 is 0 Å². The molecule has 0 aliphatic rings. The number of hydrogen-bond acceptors (Lipinski definition) is 2. The third-order valence-corrected chi connectivity index (χ3v) is 3.64. The summed E-state index contributed by atoms with van der Waals surface area (Å²) in [6.45, 7) is 7.56. The van der Waals surface area contributed by atoms with Gasteiger partial charge in [-0.15, -0.1) is 0 Å². The first-order valence-corrected chi connectivity index (χ1v) is 7.42. The van der Waals surface area contributed by atoms with Crippen molar-refractivity contribution in [1.29, 1.82) is 0 Å². The van der Waals surface area contributed by atoms with E-state index in [0.717, 1.165) is 18.7 Å². The van der Waals surface area contributed by atoms with E-state index in [2.05, 4.69) is 61.5 Å². The summed E-state index contributed by atoms with van der Waals surface area (Å²) in [5.74, 6) is 0.581. The number of hydrogen-bond donors (Lipinski definition) is 1. The molecule has 1 heterocycles. The summed E-state index contributed by atoms with van der Waals surface area (Å²) in [4.78, 5) is 0. The summed E-state index contributed by atoms with van der Waals surface area (Å²) in [5.41, 5.74) is 3.86. The van der Waals surface area contributed by atoms with Crippen LogP contribution in [0.15, 0.2) is 36.5 Å². The van der Waals surface area contributed by atoms with Gasteiger partial charge in [-0.2, -0.15) is 5.10 Å². The largest absolute Gasteiger partial charge is 0.310 e. The highest BCUT2D eigenvalue weighted by atomic mass is 15.2. The number of nitrogens with one attached hydrogen (secondary N) is 1. The lowest BCUT2D eigenvalue weighted by Crippen LogP contribution is -2.23. The first-order chi connectivity index (χ1) is 9.60. The molecule has 1 atom stereocenters. The lowest BCUT2D eigenvalue weighted by atomic mass is 9.97. The third-order valence-electron chi connectivity index (χ3n) is 3.64. The monoisotopic (exact) mass is 271 g/mol. The number of aryl methyl sites for hydroxylation is 1. The zero-order valence-electron chi connectivity index (χ0n) is 12.9. The fraction of sp³-hybridized carbons (Fsp3) is 0.471. The average molecular weight is 271 g/mol. The van der Waals surface area contributed by atoms with Crippen LogP contribution in [0.4, 0.5) is 0 Å². The zero-order chi connectivity index (χ0) is 14.5. The van der Waals surface area contributed by atoms with Gasteiger partial charge in [-0.05, 0) is 29.7 Å². The van der Waals surface area contributed by atoms with Crippen molar-refractivity contribution in [1.82, 2.24) is 15.1 Å². The number of nitrogens with zero attached hydrogens (tertiary/aromatic N) is 2. The molecule has 1 aromatic carbocycles. The van der Waals surface area contributed by atoms with E-state index in [1.807, 2.05) is 17.9 Å². The van der Waals surface area contributed by atoms with E-state index >= 15 is 0 Å². The van der Waals surface area contributed by atoms with Crippen molar-refractivity contribution in [3.05, 3.63) is 53.3 Å². The van der Waals surface area contributed by atoms with Crippen LogP contribution in [0.3, 0.4) is 0 Å². The standard InChI is InChI=1S/C17H25N3/c1-5-18-17(12-16-10-11-20(4)19-16)15-8-6-14(7-9-15)13(2)3/h6-11,13,17-18H,5,12H2,1-4H3. The summed E-state index contributed by atoms with van der Waals surface area (Å²) < 4.78 is 1.86. The Balaban J connectivity index is 2.15. The lowest BCUT2D eigenvalue weighted by Gasteiger charge is -2.18.